The van der Waals surface area contributed by atoms with E-state index in [2.05, 4.69) is 19.2 Å². The number of fused-ring (bicyclic) bond motifs is 1. The first kappa shape index (κ1) is 21.6. The summed E-state index contributed by atoms with van der Waals surface area (Å²) in [5, 5.41) is 2.81. The van der Waals surface area contributed by atoms with Crippen LogP contribution >= 0.6 is 0 Å². The molecular formula is C22H38N2O4. The Morgan fingerprint density at radius 1 is 1.07 bits per heavy atom. The fourth-order valence-electron chi connectivity index (χ4n) is 5.61. The Kier molecular flexibility index (Phi) is 7.77. The van der Waals surface area contributed by atoms with Crippen molar-refractivity contribution in [3.63, 3.8) is 0 Å². The van der Waals surface area contributed by atoms with Crippen LogP contribution in [0.1, 0.15) is 58.8 Å². The zero-order chi connectivity index (χ0) is 20.0. The highest BCUT2D eigenvalue weighted by Crippen LogP contribution is 2.56. The fraction of sp³-hybridized carbons (Fsp3) is 0.864. The predicted molar refractivity (Wildman–Crippen MR) is 109 cm³/mol. The van der Waals surface area contributed by atoms with Gasteiger partial charge in [0.25, 0.3) is 0 Å². The first-order valence-electron chi connectivity index (χ1n) is 11.2. The van der Waals surface area contributed by atoms with Gasteiger partial charge in [-0.15, -0.1) is 0 Å². The first-order chi connectivity index (χ1) is 13.6. The van der Waals surface area contributed by atoms with Crippen molar-refractivity contribution in [2.24, 2.45) is 23.5 Å². The van der Waals surface area contributed by atoms with Gasteiger partial charge in [-0.1, -0.05) is 26.0 Å². The molecule has 0 aliphatic heterocycles. The molecule has 4 fully saturated rings. The van der Waals surface area contributed by atoms with Crippen LogP contribution in [-0.2, 0) is 14.2 Å². The molecule has 0 radical (unpaired) electrons. The van der Waals surface area contributed by atoms with Gasteiger partial charge in [0, 0.05) is 32.7 Å². The van der Waals surface area contributed by atoms with Crippen LogP contribution in [0.25, 0.3) is 0 Å². The number of hydrogen-bond donors (Lipinski definition) is 2. The van der Waals surface area contributed by atoms with Gasteiger partial charge >= 0.3 is 6.09 Å². The molecule has 3 N–H and O–H groups in total. The van der Waals surface area contributed by atoms with E-state index >= 15 is 0 Å². The number of nitrogens with one attached hydrogen (secondary N) is 1. The minimum Gasteiger partial charge on any atom is -0.446 e. The van der Waals surface area contributed by atoms with E-state index < -0.39 is 0 Å². The highest BCUT2D eigenvalue weighted by molar-refractivity contribution is 5.67. The molecule has 0 heterocycles. The number of nitrogens with two attached hydrogens (primary N) is 1. The number of carbonyl (C=O) groups is 1. The lowest BCUT2D eigenvalue weighted by molar-refractivity contribution is -0.141. The maximum absolute atomic E-state index is 12.3. The summed E-state index contributed by atoms with van der Waals surface area (Å²) >= 11 is 0. The van der Waals surface area contributed by atoms with Gasteiger partial charge in [0.1, 0.15) is 6.10 Å². The van der Waals surface area contributed by atoms with Crippen molar-refractivity contribution in [1.29, 1.82) is 0 Å². The molecule has 6 heteroatoms. The Morgan fingerprint density at radius 2 is 1.79 bits per heavy atom. The van der Waals surface area contributed by atoms with Crippen LogP contribution in [0.15, 0.2) is 12.2 Å². The van der Waals surface area contributed by atoms with Gasteiger partial charge in [-0.05, 0) is 56.3 Å². The smallest absolute Gasteiger partial charge is 0.407 e. The Hall–Kier alpha value is -1.11. The molecule has 160 valence electrons. The van der Waals surface area contributed by atoms with E-state index in [4.69, 9.17) is 19.9 Å². The Morgan fingerprint density at radius 3 is 2.43 bits per heavy atom. The van der Waals surface area contributed by atoms with Gasteiger partial charge in [-0.3, -0.25) is 0 Å². The third kappa shape index (κ3) is 5.08. The molecule has 3 atom stereocenters. The van der Waals surface area contributed by atoms with Crippen molar-refractivity contribution < 1.29 is 19.0 Å². The Labute approximate surface area is 169 Å². The molecule has 2 unspecified atom stereocenters. The molecule has 0 aromatic carbocycles. The van der Waals surface area contributed by atoms with E-state index in [0.29, 0.717) is 30.8 Å². The van der Waals surface area contributed by atoms with Crippen LogP contribution in [0.2, 0.25) is 0 Å². The summed E-state index contributed by atoms with van der Waals surface area (Å²) in [4.78, 5) is 12.3. The molecule has 0 spiro atoms. The quantitative estimate of drug-likeness (QED) is 0.555. The molecular weight excluding hydrogens is 356 g/mol. The lowest BCUT2D eigenvalue weighted by atomic mass is 9.64. The van der Waals surface area contributed by atoms with E-state index in [0.717, 1.165) is 58.2 Å². The maximum atomic E-state index is 12.3. The molecule has 4 saturated carbocycles. The standard InChI is InChI=1S/C22H38N2O4/c1-3-9-26-19-15-22(27-10-4-2)13-17-11-16(19)12-18(14-22)20(17)28-21(25)24-8-6-5-7-23/h5-6,16-20H,3-4,7-15,23H2,1-2H3,(H,24,25)/b6-5+/t16?,17?,18?,19-,20?,22?/m0/s1. The summed E-state index contributed by atoms with van der Waals surface area (Å²) in [6.45, 7) is 6.87. The third-order valence-electron chi connectivity index (χ3n) is 6.57. The highest BCUT2D eigenvalue weighted by atomic mass is 16.6. The zero-order valence-electron chi connectivity index (χ0n) is 17.5. The molecule has 6 nitrogen and oxygen atoms in total. The Bertz CT molecular complexity index is 523. The molecule has 4 aliphatic carbocycles. The largest absolute Gasteiger partial charge is 0.446 e. The van der Waals surface area contributed by atoms with E-state index in [1.165, 1.54) is 0 Å². The molecule has 4 rings (SSSR count). The monoisotopic (exact) mass is 394 g/mol. The normalized spacial score (nSPS) is 36.6. The Balaban J connectivity index is 1.66. The maximum Gasteiger partial charge on any atom is 0.407 e. The minimum absolute atomic E-state index is 0.00184. The minimum atomic E-state index is -0.319. The van der Waals surface area contributed by atoms with Crippen LogP contribution in [0, 0.1) is 17.8 Å². The number of hydrogen-bond acceptors (Lipinski definition) is 5. The van der Waals surface area contributed by atoms with E-state index in [-0.39, 0.29) is 23.9 Å². The second kappa shape index (κ2) is 10.1. The van der Waals surface area contributed by atoms with Crippen LogP contribution in [0.5, 0.6) is 0 Å². The number of alkyl carbamates (subject to hydrolysis) is 1. The van der Waals surface area contributed by atoms with Crippen molar-refractivity contribution in [3.8, 4) is 0 Å². The summed E-state index contributed by atoms with van der Waals surface area (Å²) in [5.41, 5.74) is 5.32. The summed E-state index contributed by atoms with van der Waals surface area (Å²) < 4.78 is 18.7. The summed E-state index contributed by atoms with van der Waals surface area (Å²) in [7, 11) is 0. The van der Waals surface area contributed by atoms with Crippen LogP contribution < -0.4 is 11.1 Å². The topological polar surface area (TPSA) is 82.8 Å². The van der Waals surface area contributed by atoms with E-state index in [9.17, 15) is 4.79 Å². The van der Waals surface area contributed by atoms with Crippen molar-refractivity contribution in [1.82, 2.24) is 5.32 Å². The second-order valence-electron chi connectivity index (χ2n) is 8.76. The molecule has 28 heavy (non-hydrogen) atoms. The number of ether oxygens (including phenoxy) is 3. The fourth-order valence-corrected chi connectivity index (χ4v) is 5.61. The molecule has 1 amide bonds. The van der Waals surface area contributed by atoms with Crippen molar-refractivity contribution in [2.45, 2.75) is 76.6 Å². The molecule has 4 aliphatic rings. The SMILES string of the molecule is CCCO[C@H]1CC2(OCCC)CC3CC1CC(C2)C3OC(=O)NC/C=C/CN. The lowest BCUT2D eigenvalue weighted by Crippen LogP contribution is -2.51. The van der Waals surface area contributed by atoms with Crippen molar-refractivity contribution >= 4 is 6.09 Å². The summed E-state index contributed by atoms with van der Waals surface area (Å²) in [5.74, 6) is 1.30. The average molecular weight is 395 g/mol. The average Bonchev–Trinajstić information content (AvgIpc) is 2.87. The molecule has 4 bridgehead atoms. The summed E-state index contributed by atoms with van der Waals surface area (Å²) in [6, 6.07) is 0. The van der Waals surface area contributed by atoms with Crippen LogP contribution in [0.4, 0.5) is 4.79 Å². The number of amides is 1. The molecule has 0 aromatic heterocycles. The van der Waals surface area contributed by atoms with Crippen molar-refractivity contribution in [3.05, 3.63) is 12.2 Å². The van der Waals surface area contributed by atoms with Gasteiger partial charge in [0.15, 0.2) is 0 Å². The predicted octanol–water partition coefficient (Wildman–Crippen LogP) is 3.40. The van der Waals surface area contributed by atoms with Crippen LogP contribution in [0.3, 0.4) is 0 Å². The van der Waals surface area contributed by atoms with Crippen molar-refractivity contribution in [2.75, 3.05) is 26.3 Å². The molecule has 0 aromatic rings. The molecule has 0 saturated heterocycles. The zero-order valence-corrected chi connectivity index (χ0v) is 17.5. The summed E-state index contributed by atoms with van der Waals surface area (Å²) in [6.07, 6.45) is 10.8. The second-order valence-corrected chi connectivity index (χ2v) is 8.76. The number of rotatable bonds is 10. The number of carbonyl (C=O) groups excluding carboxylic acids is 1. The van der Waals surface area contributed by atoms with Gasteiger partial charge < -0.3 is 25.3 Å². The third-order valence-corrected chi connectivity index (χ3v) is 6.57. The lowest BCUT2D eigenvalue weighted by Gasteiger charge is -2.49. The highest BCUT2D eigenvalue weighted by Gasteiger charge is 2.57. The van der Waals surface area contributed by atoms with Gasteiger partial charge in [0.05, 0.1) is 11.7 Å². The van der Waals surface area contributed by atoms with Gasteiger partial charge in [-0.2, -0.15) is 0 Å². The van der Waals surface area contributed by atoms with Gasteiger partial charge in [-0.25, -0.2) is 4.79 Å². The van der Waals surface area contributed by atoms with E-state index in [1.54, 1.807) is 0 Å². The van der Waals surface area contributed by atoms with Crippen LogP contribution in [-0.4, -0.2) is 50.2 Å². The van der Waals surface area contributed by atoms with Gasteiger partial charge in [0.2, 0.25) is 0 Å². The first-order valence-corrected chi connectivity index (χ1v) is 11.2. The van der Waals surface area contributed by atoms with E-state index in [1.807, 2.05) is 12.2 Å².